The Bertz CT molecular complexity index is 433. The molecule has 0 saturated carbocycles. The van der Waals surface area contributed by atoms with E-state index < -0.39 is 6.04 Å². The number of rotatable bonds is 1. The van der Waals surface area contributed by atoms with Gasteiger partial charge in [0.25, 0.3) is 5.91 Å². The van der Waals surface area contributed by atoms with E-state index in [4.69, 9.17) is 0 Å². The summed E-state index contributed by atoms with van der Waals surface area (Å²) in [6.45, 7) is 0. The summed E-state index contributed by atoms with van der Waals surface area (Å²) in [5.41, 5.74) is 0.801. The predicted molar refractivity (Wildman–Crippen MR) is 58.2 cm³/mol. The molecule has 5 heteroatoms. The van der Waals surface area contributed by atoms with Crippen LogP contribution in [-0.4, -0.2) is 23.9 Å². The molecular formula is C10H9BrN2O2. The number of imide groups is 1. The minimum Gasteiger partial charge on any atom is -0.311 e. The third-order valence-corrected chi connectivity index (χ3v) is 2.84. The van der Waals surface area contributed by atoms with Gasteiger partial charge in [-0.1, -0.05) is 28.1 Å². The van der Waals surface area contributed by atoms with E-state index in [1.807, 2.05) is 24.3 Å². The highest BCUT2D eigenvalue weighted by molar-refractivity contribution is 9.10. The first-order valence-corrected chi connectivity index (χ1v) is 5.22. The number of halogens is 1. The second-order valence-corrected chi connectivity index (χ2v) is 4.28. The fraction of sp³-hybridized carbons (Fsp3) is 0.200. The van der Waals surface area contributed by atoms with Crippen LogP contribution in [0.2, 0.25) is 0 Å². The number of nitrogens with zero attached hydrogens (tertiary/aromatic N) is 1. The zero-order valence-electron chi connectivity index (χ0n) is 8.03. The van der Waals surface area contributed by atoms with Crippen molar-refractivity contribution in [3.05, 3.63) is 34.3 Å². The monoisotopic (exact) mass is 268 g/mol. The van der Waals surface area contributed by atoms with E-state index >= 15 is 0 Å². The van der Waals surface area contributed by atoms with Crippen LogP contribution in [0.5, 0.6) is 0 Å². The molecule has 1 aliphatic heterocycles. The summed E-state index contributed by atoms with van der Waals surface area (Å²) in [4.78, 5) is 24.1. The maximum Gasteiger partial charge on any atom is 0.324 e. The molecule has 1 fully saturated rings. The number of urea groups is 1. The quantitative estimate of drug-likeness (QED) is 0.788. The summed E-state index contributed by atoms with van der Waals surface area (Å²) in [6.07, 6.45) is 0. The van der Waals surface area contributed by atoms with Crippen LogP contribution in [0.15, 0.2) is 28.7 Å². The van der Waals surface area contributed by atoms with E-state index in [1.54, 1.807) is 7.05 Å². The van der Waals surface area contributed by atoms with E-state index in [0.29, 0.717) is 0 Å². The Labute approximate surface area is 95.4 Å². The number of benzene rings is 1. The summed E-state index contributed by atoms with van der Waals surface area (Å²) < 4.78 is 0.889. The molecule has 1 atom stereocenters. The Balaban J connectivity index is 2.39. The van der Waals surface area contributed by atoms with Gasteiger partial charge in [0.2, 0.25) is 0 Å². The maximum absolute atomic E-state index is 11.5. The molecule has 15 heavy (non-hydrogen) atoms. The molecule has 4 nitrogen and oxygen atoms in total. The van der Waals surface area contributed by atoms with Crippen molar-refractivity contribution < 1.29 is 9.59 Å². The molecule has 3 amide bonds. The van der Waals surface area contributed by atoms with E-state index in [-0.39, 0.29) is 11.9 Å². The summed E-state index contributed by atoms with van der Waals surface area (Å²) in [7, 11) is 1.60. The lowest BCUT2D eigenvalue weighted by molar-refractivity contribution is -0.121. The molecular weight excluding hydrogens is 260 g/mol. The van der Waals surface area contributed by atoms with Crippen LogP contribution in [0, 0.1) is 0 Å². The molecule has 1 N–H and O–H groups in total. The number of carbonyl (C=O) groups is 2. The van der Waals surface area contributed by atoms with E-state index in [1.165, 1.54) is 4.90 Å². The van der Waals surface area contributed by atoms with Crippen molar-refractivity contribution in [3.8, 4) is 0 Å². The van der Waals surface area contributed by atoms with Crippen molar-refractivity contribution in [1.29, 1.82) is 0 Å². The summed E-state index contributed by atoms with van der Waals surface area (Å²) in [5.74, 6) is -0.277. The Morgan fingerprint density at radius 1 is 1.40 bits per heavy atom. The second-order valence-electron chi connectivity index (χ2n) is 3.36. The fourth-order valence-corrected chi connectivity index (χ4v) is 2.02. The topological polar surface area (TPSA) is 49.4 Å². The van der Waals surface area contributed by atoms with Gasteiger partial charge in [-0.25, -0.2) is 4.79 Å². The SMILES string of the molecule is CN1C(=O)NC(=O)C1c1cccc(Br)c1. The van der Waals surface area contributed by atoms with E-state index in [0.717, 1.165) is 10.0 Å². The molecule has 0 aliphatic carbocycles. The minimum atomic E-state index is -0.519. The first-order chi connectivity index (χ1) is 7.09. The normalized spacial score (nSPS) is 20.7. The van der Waals surface area contributed by atoms with Gasteiger partial charge in [0.1, 0.15) is 6.04 Å². The number of carbonyl (C=O) groups excluding carboxylic acids is 2. The van der Waals surface area contributed by atoms with Crippen LogP contribution in [0.3, 0.4) is 0 Å². The van der Waals surface area contributed by atoms with Crippen molar-refractivity contribution in [2.24, 2.45) is 0 Å². The third kappa shape index (κ3) is 1.74. The molecule has 0 bridgehead atoms. The van der Waals surface area contributed by atoms with Crippen LogP contribution in [0.25, 0.3) is 0 Å². The second kappa shape index (κ2) is 3.66. The molecule has 78 valence electrons. The molecule has 1 unspecified atom stereocenters. The molecule has 0 aromatic heterocycles. The largest absolute Gasteiger partial charge is 0.324 e. The van der Waals surface area contributed by atoms with Gasteiger partial charge in [-0.3, -0.25) is 10.1 Å². The molecule has 1 heterocycles. The van der Waals surface area contributed by atoms with Crippen LogP contribution in [-0.2, 0) is 4.79 Å². The lowest BCUT2D eigenvalue weighted by Crippen LogP contribution is -2.25. The molecule has 0 radical (unpaired) electrons. The van der Waals surface area contributed by atoms with Gasteiger partial charge in [-0.05, 0) is 17.7 Å². The highest BCUT2D eigenvalue weighted by atomic mass is 79.9. The first kappa shape index (κ1) is 10.2. The van der Waals surface area contributed by atoms with Gasteiger partial charge in [-0.2, -0.15) is 0 Å². The average molecular weight is 269 g/mol. The van der Waals surface area contributed by atoms with Crippen molar-refractivity contribution in [2.45, 2.75) is 6.04 Å². The Hall–Kier alpha value is -1.36. The van der Waals surface area contributed by atoms with Crippen LogP contribution >= 0.6 is 15.9 Å². The molecule has 0 spiro atoms. The number of hydrogen-bond donors (Lipinski definition) is 1. The van der Waals surface area contributed by atoms with Crippen LogP contribution < -0.4 is 5.32 Å². The van der Waals surface area contributed by atoms with Gasteiger partial charge in [-0.15, -0.1) is 0 Å². The van der Waals surface area contributed by atoms with Crippen molar-refractivity contribution in [2.75, 3.05) is 7.05 Å². The Morgan fingerprint density at radius 3 is 2.67 bits per heavy atom. The van der Waals surface area contributed by atoms with Crippen molar-refractivity contribution in [3.63, 3.8) is 0 Å². The summed E-state index contributed by atoms with van der Waals surface area (Å²) >= 11 is 3.33. The number of hydrogen-bond acceptors (Lipinski definition) is 2. The smallest absolute Gasteiger partial charge is 0.311 e. The van der Waals surface area contributed by atoms with Gasteiger partial charge < -0.3 is 4.90 Å². The maximum atomic E-state index is 11.5. The zero-order chi connectivity index (χ0) is 11.0. The fourth-order valence-electron chi connectivity index (χ4n) is 1.61. The lowest BCUT2D eigenvalue weighted by Gasteiger charge is -2.16. The molecule has 1 saturated heterocycles. The van der Waals surface area contributed by atoms with Gasteiger partial charge in [0, 0.05) is 11.5 Å². The highest BCUT2D eigenvalue weighted by Crippen LogP contribution is 2.25. The Morgan fingerprint density at radius 2 is 2.13 bits per heavy atom. The number of nitrogens with one attached hydrogen (secondary N) is 1. The minimum absolute atomic E-state index is 0.277. The van der Waals surface area contributed by atoms with Crippen LogP contribution in [0.1, 0.15) is 11.6 Å². The van der Waals surface area contributed by atoms with Gasteiger partial charge in [0.05, 0.1) is 0 Å². The predicted octanol–water partition coefficient (Wildman–Crippen LogP) is 1.67. The molecule has 1 aliphatic rings. The van der Waals surface area contributed by atoms with E-state index in [2.05, 4.69) is 21.2 Å². The summed E-state index contributed by atoms with van der Waals surface area (Å²) in [6, 6.07) is 6.49. The first-order valence-electron chi connectivity index (χ1n) is 4.42. The molecule has 2 rings (SSSR count). The van der Waals surface area contributed by atoms with Crippen molar-refractivity contribution >= 4 is 27.9 Å². The zero-order valence-corrected chi connectivity index (χ0v) is 9.61. The lowest BCUT2D eigenvalue weighted by atomic mass is 10.1. The van der Waals surface area contributed by atoms with Gasteiger partial charge >= 0.3 is 6.03 Å². The standard InChI is InChI=1S/C10H9BrN2O2/c1-13-8(9(14)12-10(13)15)6-3-2-4-7(11)5-6/h2-5,8H,1H3,(H,12,14,15). The van der Waals surface area contributed by atoms with Crippen LogP contribution in [0.4, 0.5) is 4.79 Å². The van der Waals surface area contributed by atoms with Gasteiger partial charge in [0.15, 0.2) is 0 Å². The van der Waals surface area contributed by atoms with Crippen molar-refractivity contribution in [1.82, 2.24) is 10.2 Å². The number of likely N-dealkylation sites (N-methyl/N-ethyl adjacent to an activating group) is 1. The third-order valence-electron chi connectivity index (χ3n) is 2.35. The highest BCUT2D eigenvalue weighted by Gasteiger charge is 2.36. The van der Waals surface area contributed by atoms with E-state index in [9.17, 15) is 9.59 Å². The molecule has 1 aromatic carbocycles. The summed E-state index contributed by atoms with van der Waals surface area (Å²) in [5, 5.41) is 2.27. The molecule has 1 aromatic rings. The number of amides is 3. The Kier molecular flexibility index (Phi) is 2.48. The average Bonchev–Trinajstić information content (AvgIpc) is 2.41.